The number of nitrogens with zero attached hydrogens (tertiary/aromatic N) is 1. The lowest BCUT2D eigenvalue weighted by atomic mass is 9.89. The lowest BCUT2D eigenvalue weighted by Gasteiger charge is -2.24. The fourth-order valence-electron chi connectivity index (χ4n) is 3.25. The van der Waals surface area contributed by atoms with E-state index in [4.69, 9.17) is 5.11 Å². The Morgan fingerprint density at radius 2 is 1.88 bits per heavy atom. The molecule has 1 aromatic carbocycles. The summed E-state index contributed by atoms with van der Waals surface area (Å²) in [6, 6.07) is 2.23. The lowest BCUT2D eigenvalue weighted by Crippen LogP contribution is -2.40. The molecule has 2 fully saturated rings. The maximum Gasteiger partial charge on any atom is 0.308 e. The molecule has 0 spiro atoms. The van der Waals surface area contributed by atoms with Crippen LogP contribution in [-0.4, -0.2) is 36.0 Å². The van der Waals surface area contributed by atoms with Crippen LogP contribution in [0.3, 0.4) is 0 Å². The number of carbonyl (C=O) groups excluding carboxylic acids is 2. The highest BCUT2D eigenvalue weighted by molar-refractivity contribution is 6.01. The normalized spacial score (nSPS) is 24.2. The second-order valence-electron chi connectivity index (χ2n) is 6.10. The Balaban J connectivity index is 1.86. The summed E-state index contributed by atoms with van der Waals surface area (Å²) in [6.07, 6.45) is 0.500. The standard InChI is InChI=1S/C16H16F2N2O4/c17-11-5-9(20-4-3-8(7-20)16(23)24)6-12(18)14(11)10-1-2-13(21)19-15(10)22/h5-6,8,10H,1-4,7H2,(H,23,24)(H,19,21,22)/t8-,10?/m1/s1. The Labute approximate surface area is 136 Å². The summed E-state index contributed by atoms with van der Waals surface area (Å²) in [6.45, 7) is 0.583. The highest BCUT2D eigenvalue weighted by Crippen LogP contribution is 2.33. The summed E-state index contributed by atoms with van der Waals surface area (Å²) in [5.74, 6) is -5.42. The minimum atomic E-state index is -1.04. The zero-order valence-electron chi connectivity index (χ0n) is 12.7. The molecule has 128 valence electrons. The van der Waals surface area contributed by atoms with Crippen LogP contribution >= 0.6 is 0 Å². The van der Waals surface area contributed by atoms with Crippen molar-refractivity contribution in [3.63, 3.8) is 0 Å². The summed E-state index contributed by atoms with van der Waals surface area (Å²) in [4.78, 5) is 35.6. The fourth-order valence-corrected chi connectivity index (χ4v) is 3.25. The van der Waals surface area contributed by atoms with Gasteiger partial charge in [-0.05, 0) is 25.0 Å². The first-order valence-corrected chi connectivity index (χ1v) is 7.67. The van der Waals surface area contributed by atoms with Gasteiger partial charge in [0.25, 0.3) is 0 Å². The number of rotatable bonds is 3. The molecule has 8 heteroatoms. The molecule has 2 aliphatic rings. The van der Waals surface area contributed by atoms with Gasteiger partial charge in [0, 0.05) is 30.8 Å². The summed E-state index contributed by atoms with van der Waals surface area (Å²) in [7, 11) is 0. The Morgan fingerprint density at radius 1 is 1.21 bits per heavy atom. The van der Waals surface area contributed by atoms with Crippen LogP contribution in [0.5, 0.6) is 0 Å². The second-order valence-corrected chi connectivity index (χ2v) is 6.10. The number of carboxylic acid groups (broad SMARTS) is 1. The first-order valence-electron chi connectivity index (χ1n) is 7.67. The van der Waals surface area contributed by atoms with E-state index < -0.39 is 41.3 Å². The van der Waals surface area contributed by atoms with Gasteiger partial charge in [-0.3, -0.25) is 19.7 Å². The molecule has 0 bridgehead atoms. The summed E-state index contributed by atoms with van der Waals surface area (Å²) < 4.78 is 28.9. The highest BCUT2D eigenvalue weighted by atomic mass is 19.1. The van der Waals surface area contributed by atoms with Gasteiger partial charge in [0.1, 0.15) is 11.6 Å². The minimum absolute atomic E-state index is 0.0312. The Morgan fingerprint density at radius 3 is 2.42 bits per heavy atom. The number of carboxylic acids is 1. The van der Waals surface area contributed by atoms with E-state index >= 15 is 0 Å². The van der Waals surface area contributed by atoms with Crippen LogP contribution in [-0.2, 0) is 14.4 Å². The van der Waals surface area contributed by atoms with Gasteiger partial charge < -0.3 is 10.0 Å². The highest BCUT2D eigenvalue weighted by Gasteiger charge is 2.34. The number of benzene rings is 1. The van der Waals surface area contributed by atoms with Gasteiger partial charge >= 0.3 is 5.97 Å². The average molecular weight is 338 g/mol. The average Bonchev–Trinajstić information content (AvgIpc) is 2.98. The zero-order chi connectivity index (χ0) is 17.4. The number of aliphatic carboxylic acids is 1. The molecular formula is C16H16F2N2O4. The van der Waals surface area contributed by atoms with Crippen LogP contribution in [0, 0.1) is 17.6 Å². The van der Waals surface area contributed by atoms with Crippen molar-refractivity contribution in [1.82, 2.24) is 5.32 Å². The van der Waals surface area contributed by atoms with Crippen molar-refractivity contribution in [3.05, 3.63) is 29.3 Å². The number of anilines is 1. The van der Waals surface area contributed by atoms with E-state index in [1.54, 1.807) is 4.90 Å². The van der Waals surface area contributed by atoms with Gasteiger partial charge in [0.2, 0.25) is 11.8 Å². The second kappa shape index (κ2) is 6.18. The quantitative estimate of drug-likeness (QED) is 0.814. The van der Waals surface area contributed by atoms with Gasteiger partial charge in [-0.2, -0.15) is 0 Å². The molecule has 2 aliphatic heterocycles. The Hall–Kier alpha value is -2.51. The third kappa shape index (κ3) is 2.95. The third-order valence-corrected chi connectivity index (χ3v) is 4.55. The molecule has 2 heterocycles. The Bertz CT molecular complexity index is 699. The molecule has 1 unspecified atom stereocenters. The molecule has 2 atom stereocenters. The fraction of sp³-hybridized carbons (Fsp3) is 0.438. The smallest absolute Gasteiger partial charge is 0.308 e. The summed E-state index contributed by atoms with van der Waals surface area (Å²) in [5, 5.41) is 11.1. The molecule has 0 saturated carbocycles. The summed E-state index contributed by atoms with van der Waals surface area (Å²) in [5.41, 5.74) is -0.0949. The maximum absolute atomic E-state index is 14.4. The third-order valence-electron chi connectivity index (χ3n) is 4.55. The van der Waals surface area contributed by atoms with Gasteiger partial charge in [0.15, 0.2) is 0 Å². The number of halogens is 2. The van der Waals surface area contributed by atoms with Crippen LogP contribution in [0.15, 0.2) is 12.1 Å². The molecular weight excluding hydrogens is 322 g/mol. The molecule has 0 aromatic heterocycles. The predicted octanol–water partition coefficient (Wildman–Crippen LogP) is 1.40. The van der Waals surface area contributed by atoms with Crippen molar-refractivity contribution in [2.45, 2.75) is 25.2 Å². The first kappa shape index (κ1) is 16.4. The van der Waals surface area contributed by atoms with Gasteiger partial charge in [-0.1, -0.05) is 0 Å². The molecule has 2 N–H and O–H groups in total. The van der Waals surface area contributed by atoms with E-state index in [1.807, 2.05) is 0 Å². The van der Waals surface area contributed by atoms with Gasteiger partial charge in [-0.25, -0.2) is 8.78 Å². The monoisotopic (exact) mass is 338 g/mol. The van der Waals surface area contributed by atoms with Crippen molar-refractivity contribution in [1.29, 1.82) is 0 Å². The van der Waals surface area contributed by atoms with Crippen molar-refractivity contribution in [2.24, 2.45) is 5.92 Å². The Kier molecular flexibility index (Phi) is 4.21. The van der Waals surface area contributed by atoms with Crippen LogP contribution in [0.1, 0.15) is 30.7 Å². The largest absolute Gasteiger partial charge is 0.481 e. The molecule has 2 amide bonds. The molecule has 2 saturated heterocycles. The van der Waals surface area contributed by atoms with Gasteiger partial charge in [-0.15, -0.1) is 0 Å². The van der Waals surface area contributed by atoms with Crippen LogP contribution < -0.4 is 10.2 Å². The number of carbonyl (C=O) groups is 3. The van der Waals surface area contributed by atoms with E-state index in [1.165, 1.54) is 0 Å². The predicted molar refractivity (Wildman–Crippen MR) is 79.4 cm³/mol. The summed E-state index contributed by atoms with van der Waals surface area (Å²) >= 11 is 0. The SMILES string of the molecule is O=C1CCC(c2c(F)cc(N3CC[C@@H](C(=O)O)C3)cc2F)C(=O)N1. The topological polar surface area (TPSA) is 86.7 Å². The lowest BCUT2D eigenvalue weighted by molar-refractivity contribution is -0.141. The first-order chi connectivity index (χ1) is 11.4. The van der Waals surface area contributed by atoms with Crippen molar-refractivity contribution in [2.75, 3.05) is 18.0 Å². The molecule has 6 nitrogen and oxygen atoms in total. The van der Waals surface area contributed by atoms with Crippen LogP contribution in [0.25, 0.3) is 0 Å². The molecule has 3 rings (SSSR count). The van der Waals surface area contributed by atoms with E-state index in [-0.39, 0.29) is 30.6 Å². The van der Waals surface area contributed by atoms with Crippen LogP contribution in [0.4, 0.5) is 14.5 Å². The number of hydrogen-bond donors (Lipinski definition) is 2. The van der Waals surface area contributed by atoms with E-state index in [0.29, 0.717) is 13.0 Å². The molecule has 24 heavy (non-hydrogen) atoms. The van der Waals surface area contributed by atoms with Crippen molar-refractivity contribution >= 4 is 23.5 Å². The number of imide groups is 1. The molecule has 0 aliphatic carbocycles. The van der Waals surface area contributed by atoms with Crippen molar-refractivity contribution < 1.29 is 28.3 Å². The number of nitrogens with one attached hydrogen (secondary N) is 1. The van der Waals surface area contributed by atoms with E-state index in [2.05, 4.69) is 5.32 Å². The van der Waals surface area contributed by atoms with E-state index in [0.717, 1.165) is 12.1 Å². The maximum atomic E-state index is 14.4. The number of piperidine rings is 1. The number of amides is 2. The van der Waals surface area contributed by atoms with Crippen LogP contribution in [0.2, 0.25) is 0 Å². The van der Waals surface area contributed by atoms with Gasteiger partial charge in [0.05, 0.1) is 11.8 Å². The van der Waals surface area contributed by atoms with Crippen molar-refractivity contribution in [3.8, 4) is 0 Å². The number of hydrogen-bond acceptors (Lipinski definition) is 4. The zero-order valence-corrected chi connectivity index (χ0v) is 12.7. The molecule has 1 aromatic rings. The van der Waals surface area contributed by atoms with E-state index in [9.17, 15) is 23.2 Å². The molecule has 0 radical (unpaired) electrons. The minimum Gasteiger partial charge on any atom is -0.481 e.